The number of carbonyl (C=O) groups excluding carboxylic acids is 1. The Kier molecular flexibility index (Phi) is 4.25. The van der Waals surface area contributed by atoms with Crippen LogP contribution in [0.3, 0.4) is 0 Å². The largest absolute Gasteiger partial charge is 0.497 e. The van der Waals surface area contributed by atoms with Crippen LogP contribution in [-0.2, 0) is 0 Å². The lowest BCUT2D eigenvalue weighted by Gasteiger charge is -2.15. The first kappa shape index (κ1) is 13.9. The first-order chi connectivity index (χ1) is 9.61. The van der Waals surface area contributed by atoms with Gasteiger partial charge in [0, 0.05) is 19.8 Å². The van der Waals surface area contributed by atoms with E-state index >= 15 is 0 Å². The summed E-state index contributed by atoms with van der Waals surface area (Å²) in [5.41, 5.74) is 2.34. The number of anilines is 2. The summed E-state index contributed by atoms with van der Waals surface area (Å²) >= 11 is 0. The van der Waals surface area contributed by atoms with Gasteiger partial charge < -0.3 is 15.0 Å². The Bertz CT molecular complexity index is 592. The van der Waals surface area contributed by atoms with Crippen LogP contribution in [0.5, 0.6) is 5.75 Å². The summed E-state index contributed by atoms with van der Waals surface area (Å²) in [6.45, 7) is 0. The van der Waals surface area contributed by atoms with Crippen LogP contribution in [0.1, 0.15) is 10.4 Å². The predicted octanol–water partition coefficient (Wildman–Crippen LogP) is 3.14. The number of amides is 1. The average Bonchev–Trinajstić information content (AvgIpc) is 2.48. The number of methoxy groups -OCH3 is 1. The monoisotopic (exact) mass is 270 g/mol. The van der Waals surface area contributed by atoms with Crippen molar-refractivity contribution in [3.63, 3.8) is 0 Å². The Hall–Kier alpha value is -2.49. The molecule has 0 radical (unpaired) electrons. The smallest absolute Gasteiger partial charge is 0.255 e. The molecular formula is C16H18N2O2. The zero-order valence-electron chi connectivity index (χ0n) is 11.9. The van der Waals surface area contributed by atoms with Crippen LogP contribution in [0.25, 0.3) is 0 Å². The molecule has 2 aromatic rings. The summed E-state index contributed by atoms with van der Waals surface area (Å²) in [5.74, 6) is 0.773. The van der Waals surface area contributed by atoms with Crippen molar-refractivity contribution >= 4 is 17.3 Å². The number of carbonyl (C=O) groups is 1. The summed E-state index contributed by atoms with van der Waals surface area (Å²) in [7, 11) is 5.12. The fraction of sp³-hybridized carbons (Fsp3) is 0.188. The molecule has 0 fully saturated rings. The van der Waals surface area contributed by atoms with E-state index in [9.17, 15) is 4.79 Å². The van der Waals surface area contributed by atoms with Gasteiger partial charge in [0.1, 0.15) is 5.75 Å². The standard InChI is InChI=1S/C16H18N2O2/c1-18(2)16(19)14-6-4-5-7-15(14)17-12-8-10-13(20-3)11-9-12/h4-11,17H,1-3H3. The molecule has 20 heavy (non-hydrogen) atoms. The Morgan fingerprint density at radius 3 is 2.30 bits per heavy atom. The molecule has 4 nitrogen and oxygen atoms in total. The first-order valence-electron chi connectivity index (χ1n) is 6.33. The number of ether oxygens (including phenoxy) is 1. The maximum Gasteiger partial charge on any atom is 0.255 e. The van der Waals surface area contributed by atoms with Crippen LogP contribution >= 0.6 is 0 Å². The van der Waals surface area contributed by atoms with Crippen LogP contribution in [-0.4, -0.2) is 32.0 Å². The maximum atomic E-state index is 12.1. The van der Waals surface area contributed by atoms with Crippen LogP contribution < -0.4 is 10.1 Å². The third-order valence-corrected chi connectivity index (χ3v) is 2.93. The topological polar surface area (TPSA) is 41.6 Å². The van der Waals surface area contributed by atoms with E-state index in [4.69, 9.17) is 4.74 Å². The van der Waals surface area contributed by atoms with Gasteiger partial charge in [0.15, 0.2) is 0 Å². The number of nitrogens with one attached hydrogen (secondary N) is 1. The highest BCUT2D eigenvalue weighted by molar-refractivity contribution is 6.00. The van der Waals surface area contributed by atoms with E-state index in [0.717, 1.165) is 17.1 Å². The van der Waals surface area contributed by atoms with Gasteiger partial charge >= 0.3 is 0 Å². The molecule has 2 aromatic carbocycles. The molecule has 0 heterocycles. The molecule has 2 rings (SSSR count). The van der Waals surface area contributed by atoms with Crippen LogP contribution in [0.15, 0.2) is 48.5 Å². The highest BCUT2D eigenvalue weighted by atomic mass is 16.5. The molecule has 0 unspecified atom stereocenters. The lowest BCUT2D eigenvalue weighted by molar-refractivity contribution is 0.0828. The Morgan fingerprint density at radius 2 is 1.70 bits per heavy atom. The SMILES string of the molecule is COc1ccc(Nc2ccccc2C(=O)N(C)C)cc1. The molecule has 1 N–H and O–H groups in total. The molecule has 0 saturated carbocycles. The maximum absolute atomic E-state index is 12.1. The van der Waals surface area contributed by atoms with Gasteiger partial charge in [-0.1, -0.05) is 12.1 Å². The minimum Gasteiger partial charge on any atom is -0.497 e. The van der Waals surface area contributed by atoms with E-state index in [0.29, 0.717) is 5.56 Å². The molecule has 1 amide bonds. The fourth-order valence-electron chi connectivity index (χ4n) is 1.85. The molecule has 0 aliphatic heterocycles. The molecule has 4 heteroatoms. The third-order valence-electron chi connectivity index (χ3n) is 2.93. The number of nitrogens with zero attached hydrogens (tertiary/aromatic N) is 1. The summed E-state index contributed by atoms with van der Waals surface area (Å²) in [6, 6.07) is 15.0. The van der Waals surface area contributed by atoms with Gasteiger partial charge in [-0.05, 0) is 36.4 Å². The summed E-state index contributed by atoms with van der Waals surface area (Å²) < 4.78 is 5.12. The van der Waals surface area contributed by atoms with E-state index in [2.05, 4.69) is 5.32 Å². The zero-order valence-corrected chi connectivity index (χ0v) is 11.9. The second-order valence-electron chi connectivity index (χ2n) is 4.60. The fourth-order valence-corrected chi connectivity index (χ4v) is 1.85. The Balaban J connectivity index is 2.26. The second kappa shape index (κ2) is 6.10. The first-order valence-corrected chi connectivity index (χ1v) is 6.33. The van der Waals surface area contributed by atoms with Gasteiger partial charge in [-0.2, -0.15) is 0 Å². The van der Waals surface area contributed by atoms with Crippen LogP contribution in [0.2, 0.25) is 0 Å². The molecule has 0 aliphatic carbocycles. The third kappa shape index (κ3) is 3.09. The lowest BCUT2D eigenvalue weighted by atomic mass is 10.1. The van der Waals surface area contributed by atoms with Crippen LogP contribution in [0, 0.1) is 0 Å². The van der Waals surface area contributed by atoms with Gasteiger partial charge in [-0.15, -0.1) is 0 Å². The van der Waals surface area contributed by atoms with Crippen molar-refractivity contribution in [1.82, 2.24) is 4.90 Å². The second-order valence-corrected chi connectivity index (χ2v) is 4.60. The molecule has 0 atom stereocenters. The highest BCUT2D eigenvalue weighted by Gasteiger charge is 2.12. The minimum atomic E-state index is -0.0263. The highest BCUT2D eigenvalue weighted by Crippen LogP contribution is 2.23. The number of hydrogen-bond donors (Lipinski definition) is 1. The van der Waals surface area contributed by atoms with Crippen molar-refractivity contribution < 1.29 is 9.53 Å². The number of hydrogen-bond acceptors (Lipinski definition) is 3. The van der Waals surface area contributed by atoms with E-state index in [-0.39, 0.29) is 5.91 Å². The van der Waals surface area contributed by atoms with Crippen molar-refractivity contribution in [2.24, 2.45) is 0 Å². The summed E-state index contributed by atoms with van der Waals surface area (Å²) in [6.07, 6.45) is 0. The number of rotatable bonds is 4. The molecule has 0 spiro atoms. The van der Waals surface area contributed by atoms with E-state index in [1.54, 1.807) is 26.1 Å². The molecule has 0 saturated heterocycles. The number of para-hydroxylation sites is 1. The van der Waals surface area contributed by atoms with Crippen molar-refractivity contribution in [2.75, 3.05) is 26.5 Å². The Morgan fingerprint density at radius 1 is 1.05 bits per heavy atom. The van der Waals surface area contributed by atoms with Crippen molar-refractivity contribution in [1.29, 1.82) is 0 Å². The van der Waals surface area contributed by atoms with Crippen molar-refractivity contribution in [3.8, 4) is 5.75 Å². The molecule has 0 aliphatic rings. The summed E-state index contributed by atoms with van der Waals surface area (Å²) in [5, 5.41) is 3.26. The Labute approximate surface area is 119 Å². The van der Waals surface area contributed by atoms with Gasteiger partial charge in [-0.3, -0.25) is 4.79 Å². The van der Waals surface area contributed by atoms with Gasteiger partial charge in [0.25, 0.3) is 5.91 Å². The predicted molar refractivity (Wildman–Crippen MR) is 80.7 cm³/mol. The van der Waals surface area contributed by atoms with E-state index in [1.807, 2.05) is 48.5 Å². The minimum absolute atomic E-state index is 0.0263. The quantitative estimate of drug-likeness (QED) is 0.928. The van der Waals surface area contributed by atoms with Gasteiger partial charge in [0.2, 0.25) is 0 Å². The molecule has 0 bridgehead atoms. The molecular weight excluding hydrogens is 252 g/mol. The summed E-state index contributed by atoms with van der Waals surface area (Å²) in [4.78, 5) is 13.7. The van der Waals surface area contributed by atoms with E-state index in [1.165, 1.54) is 0 Å². The molecule has 0 aromatic heterocycles. The number of benzene rings is 2. The van der Waals surface area contributed by atoms with Gasteiger partial charge in [-0.25, -0.2) is 0 Å². The average molecular weight is 270 g/mol. The van der Waals surface area contributed by atoms with Gasteiger partial charge in [0.05, 0.1) is 18.4 Å². The van der Waals surface area contributed by atoms with E-state index < -0.39 is 0 Å². The van der Waals surface area contributed by atoms with Crippen LogP contribution in [0.4, 0.5) is 11.4 Å². The van der Waals surface area contributed by atoms with Crippen molar-refractivity contribution in [3.05, 3.63) is 54.1 Å². The normalized spacial score (nSPS) is 9.95. The lowest BCUT2D eigenvalue weighted by Crippen LogP contribution is -2.22. The molecule has 104 valence electrons. The zero-order chi connectivity index (χ0) is 14.5. The van der Waals surface area contributed by atoms with Crippen molar-refractivity contribution in [2.45, 2.75) is 0 Å².